The van der Waals surface area contributed by atoms with Crippen LogP contribution in [-0.4, -0.2) is 18.7 Å². The quantitative estimate of drug-likeness (QED) is 0.408. The largest absolute Gasteiger partial charge is 1.00 e. The first-order chi connectivity index (χ1) is 3.31. The van der Waals surface area contributed by atoms with E-state index in [1.54, 1.807) is 5.06 Å². The maximum Gasteiger partial charge on any atom is 1.00 e. The second kappa shape index (κ2) is 12.4. The molecule has 3 heteroatoms. The molecule has 0 rings (SSSR count). The average molecular weight is 203 g/mol. The van der Waals surface area contributed by atoms with Gasteiger partial charge in [-0.15, -0.1) is 0 Å². The van der Waals surface area contributed by atoms with Gasteiger partial charge in [-0.2, -0.15) is 0 Å². The van der Waals surface area contributed by atoms with Crippen molar-refractivity contribution in [3.05, 3.63) is 14.5 Å². The molecule has 0 aromatic heterocycles. The first-order valence-corrected chi connectivity index (χ1v) is 2.44. The predicted octanol–water partition coefficient (Wildman–Crippen LogP) is -1.49. The molecule has 0 fully saturated rings. The maximum absolute atomic E-state index is 4.57. The predicted molar refractivity (Wildman–Crippen MR) is 35.8 cm³/mol. The van der Waals surface area contributed by atoms with Gasteiger partial charge in [0.2, 0.25) is 0 Å². The molecule has 0 bridgehead atoms. The molecule has 0 aliphatic heterocycles. The Hall–Kier alpha value is 1.73. The third kappa shape index (κ3) is 12.8. The van der Waals surface area contributed by atoms with Crippen LogP contribution in [0.4, 0.5) is 0 Å². The van der Waals surface area contributed by atoms with Crippen LogP contribution in [0.15, 0.2) is 0 Å². The van der Waals surface area contributed by atoms with Gasteiger partial charge in [0, 0.05) is 13.6 Å². The summed E-state index contributed by atoms with van der Waals surface area (Å²) in [5.41, 5.74) is 0. The molecule has 2 nitrogen and oxygen atoms in total. The minimum Gasteiger partial charge on any atom is -0.476 e. The molecular weight excluding hydrogens is 188 g/mol. The summed E-state index contributed by atoms with van der Waals surface area (Å²) in [6, 6.07) is 0. The first kappa shape index (κ1) is 17.0. The Balaban J connectivity index is -0.000000180. The van der Waals surface area contributed by atoms with Gasteiger partial charge >= 0.3 is 58.2 Å². The molecule has 0 aliphatic rings. The monoisotopic (exact) mass is 202 g/mol. The van der Waals surface area contributed by atoms with E-state index < -0.39 is 0 Å². The minimum absolute atomic E-state index is 0. The van der Waals surface area contributed by atoms with E-state index in [1.165, 1.54) is 0 Å². The summed E-state index contributed by atoms with van der Waals surface area (Å²) >= 11 is 0. The molecule has 0 spiro atoms. The SMILES string of the molecule is [CH2-]ON(C)CCC.[CH3-].[Rb+]. The summed E-state index contributed by atoms with van der Waals surface area (Å²) in [6.45, 7) is 3.04. The molecule has 0 amide bonds. The van der Waals surface area contributed by atoms with E-state index in [1.807, 2.05) is 7.05 Å². The Morgan fingerprint density at radius 3 is 2.11 bits per heavy atom. The Labute approximate surface area is 108 Å². The van der Waals surface area contributed by atoms with E-state index in [9.17, 15) is 0 Å². The molecule has 0 radical (unpaired) electrons. The Bertz CT molecular complexity index is 44.0. The molecule has 0 N–H and O–H groups in total. The van der Waals surface area contributed by atoms with Crippen LogP contribution in [0.25, 0.3) is 0 Å². The summed E-state index contributed by atoms with van der Waals surface area (Å²) in [5, 5.41) is 1.69. The van der Waals surface area contributed by atoms with E-state index in [-0.39, 0.29) is 65.6 Å². The third-order valence-corrected chi connectivity index (χ3v) is 0.759. The fourth-order valence-corrected chi connectivity index (χ4v) is 0.379. The van der Waals surface area contributed by atoms with Crippen molar-refractivity contribution in [3.63, 3.8) is 0 Å². The van der Waals surface area contributed by atoms with E-state index in [0.29, 0.717) is 0 Å². The minimum atomic E-state index is 0. The van der Waals surface area contributed by atoms with Crippen molar-refractivity contribution < 1.29 is 63.0 Å². The summed E-state index contributed by atoms with van der Waals surface area (Å²) in [7, 11) is 5.09. The zero-order valence-electron chi connectivity index (χ0n) is 6.98. The van der Waals surface area contributed by atoms with Gasteiger partial charge in [0.15, 0.2) is 0 Å². The molecule has 0 saturated heterocycles. The number of hydroxylamine groups is 2. The van der Waals surface area contributed by atoms with Crippen molar-refractivity contribution in [2.24, 2.45) is 0 Å². The summed E-state index contributed by atoms with van der Waals surface area (Å²) < 4.78 is 0. The molecule has 52 valence electrons. The first-order valence-electron chi connectivity index (χ1n) is 2.44. The molecule has 0 aromatic carbocycles. The van der Waals surface area contributed by atoms with Crippen LogP contribution in [0.5, 0.6) is 0 Å². The van der Waals surface area contributed by atoms with Crippen molar-refractivity contribution >= 4 is 0 Å². The molecule has 9 heavy (non-hydrogen) atoms. The van der Waals surface area contributed by atoms with Crippen LogP contribution >= 0.6 is 0 Å². The molecular formula is C6H15NORb-. The maximum atomic E-state index is 4.57. The van der Waals surface area contributed by atoms with Gasteiger partial charge in [-0.3, -0.25) is 0 Å². The second-order valence-corrected chi connectivity index (χ2v) is 1.48. The van der Waals surface area contributed by atoms with E-state index >= 15 is 0 Å². The summed E-state index contributed by atoms with van der Waals surface area (Å²) in [4.78, 5) is 4.57. The Morgan fingerprint density at radius 2 is 2.00 bits per heavy atom. The van der Waals surface area contributed by atoms with Gasteiger partial charge in [0.05, 0.1) is 0 Å². The van der Waals surface area contributed by atoms with Gasteiger partial charge in [-0.1, -0.05) is 6.92 Å². The molecule has 0 aliphatic carbocycles. The Kier molecular flexibility index (Phi) is 23.4. The van der Waals surface area contributed by atoms with Crippen molar-refractivity contribution in [3.8, 4) is 0 Å². The van der Waals surface area contributed by atoms with Crippen LogP contribution in [0.2, 0.25) is 0 Å². The summed E-state index contributed by atoms with van der Waals surface area (Å²) in [6.07, 6.45) is 1.10. The number of nitrogens with zero attached hydrogens (tertiary/aromatic N) is 1. The average Bonchev–Trinajstić information content (AvgIpc) is 1.68. The van der Waals surface area contributed by atoms with Crippen molar-refractivity contribution in [2.75, 3.05) is 13.6 Å². The zero-order chi connectivity index (χ0) is 5.70. The smallest absolute Gasteiger partial charge is 0.476 e. The second-order valence-electron chi connectivity index (χ2n) is 1.48. The third-order valence-electron chi connectivity index (χ3n) is 0.759. The number of hydrogen-bond donors (Lipinski definition) is 0. The molecule has 0 saturated carbocycles. The van der Waals surface area contributed by atoms with Crippen LogP contribution in [0, 0.1) is 14.5 Å². The number of rotatable bonds is 3. The Morgan fingerprint density at radius 1 is 1.56 bits per heavy atom. The van der Waals surface area contributed by atoms with Gasteiger partial charge in [-0.05, 0) is 6.42 Å². The summed E-state index contributed by atoms with van der Waals surface area (Å²) in [5.74, 6) is 0. The van der Waals surface area contributed by atoms with Gasteiger partial charge < -0.3 is 12.3 Å². The van der Waals surface area contributed by atoms with Crippen molar-refractivity contribution in [1.82, 2.24) is 5.06 Å². The number of hydrogen-bond acceptors (Lipinski definition) is 2. The van der Waals surface area contributed by atoms with Crippen LogP contribution in [-0.2, 0) is 4.84 Å². The van der Waals surface area contributed by atoms with E-state index in [2.05, 4.69) is 18.9 Å². The molecule has 0 unspecified atom stereocenters. The normalized spacial score (nSPS) is 8.00. The fraction of sp³-hybridized carbons (Fsp3) is 0.667. The topological polar surface area (TPSA) is 12.5 Å². The fourth-order valence-electron chi connectivity index (χ4n) is 0.379. The van der Waals surface area contributed by atoms with Gasteiger partial charge in [0.1, 0.15) is 0 Å². The van der Waals surface area contributed by atoms with Crippen molar-refractivity contribution in [1.29, 1.82) is 0 Å². The van der Waals surface area contributed by atoms with E-state index in [4.69, 9.17) is 0 Å². The van der Waals surface area contributed by atoms with Crippen molar-refractivity contribution in [2.45, 2.75) is 13.3 Å². The molecule has 0 heterocycles. The zero-order valence-corrected chi connectivity index (χ0v) is 11.9. The molecule has 0 aromatic rings. The van der Waals surface area contributed by atoms with Crippen LogP contribution in [0.1, 0.15) is 13.3 Å². The van der Waals surface area contributed by atoms with Crippen LogP contribution < -0.4 is 58.2 Å². The standard InChI is InChI=1S/C5H12NO.CH3.Rb/c1-4-5-6(2)7-3;;/h3-5H2,1-2H3;1H3;/q2*-1;+1. The van der Waals surface area contributed by atoms with Gasteiger partial charge in [0.25, 0.3) is 0 Å². The van der Waals surface area contributed by atoms with Crippen LogP contribution in [0.3, 0.4) is 0 Å². The van der Waals surface area contributed by atoms with E-state index in [0.717, 1.165) is 13.0 Å². The molecule has 0 atom stereocenters. The van der Waals surface area contributed by atoms with Gasteiger partial charge in [-0.25, -0.2) is 12.2 Å².